The summed E-state index contributed by atoms with van der Waals surface area (Å²) in [4.78, 5) is 25.8. The number of hydrogen-bond donors (Lipinski definition) is 1. The predicted octanol–water partition coefficient (Wildman–Crippen LogP) is 3.40. The zero-order valence-corrected chi connectivity index (χ0v) is 14.0. The van der Waals surface area contributed by atoms with Crippen LogP contribution in [0.1, 0.15) is 25.7 Å². The zero-order valence-electron chi connectivity index (χ0n) is 11.6. The van der Waals surface area contributed by atoms with Crippen LogP contribution in [0.4, 0.5) is 0 Å². The van der Waals surface area contributed by atoms with Crippen molar-refractivity contribution in [1.82, 2.24) is 4.90 Å². The fraction of sp³-hybridized carbons (Fsp3) is 0.467. The summed E-state index contributed by atoms with van der Waals surface area (Å²) in [6.07, 6.45) is 2.56. The average Bonchev–Trinajstić information content (AvgIpc) is 2.95. The van der Waals surface area contributed by atoms with Crippen molar-refractivity contribution in [3.05, 3.63) is 28.7 Å². The SMILES string of the molecule is O=C(O)[C@H]1CCCN1C(=O)CCCSc1ccc(Br)cc1. The molecule has 1 saturated heterocycles. The second-order valence-corrected chi connectivity index (χ2v) is 7.07. The van der Waals surface area contributed by atoms with Crippen molar-refractivity contribution in [3.63, 3.8) is 0 Å². The fourth-order valence-corrected chi connectivity index (χ4v) is 3.53. The minimum absolute atomic E-state index is 0.0312. The number of carboxylic acid groups (broad SMARTS) is 1. The van der Waals surface area contributed by atoms with E-state index in [-0.39, 0.29) is 5.91 Å². The predicted molar refractivity (Wildman–Crippen MR) is 86.5 cm³/mol. The fourth-order valence-electron chi connectivity index (χ4n) is 2.41. The zero-order chi connectivity index (χ0) is 15.2. The summed E-state index contributed by atoms with van der Waals surface area (Å²) < 4.78 is 1.05. The van der Waals surface area contributed by atoms with E-state index in [1.165, 1.54) is 9.80 Å². The minimum Gasteiger partial charge on any atom is -0.480 e. The lowest BCUT2D eigenvalue weighted by molar-refractivity contribution is -0.148. The summed E-state index contributed by atoms with van der Waals surface area (Å²) in [5.74, 6) is -0.0553. The van der Waals surface area contributed by atoms with Crippen molar-refractivity contribution in [2.75, 3.05) is 12.3 Å². The van der Waals surface area contributed by atoms with Crippen LogP contribution in [0, 0.1) is 0 Å². The quantitative estimate of drug-likeness (QED) is 0.614. The van der Waals surface area contributed by atoms with Gasteiger partial charge < -0.3 is 10.0 Å². The molecule has 0 aliphatic carbocycles. The van der Waals surface area contributed by atoms with Crippen molar-refractivity contribution in [3.8, 4) is 0 Å². The Morgan fingerprint density at radius 2 is 2.05 bits per heavy atom. The van der Waals surface area contributed by atoms with Crippen molar-refractivity contribution in [2.24, 2.45) is 0 Å². The van der Waals surface area contributed by atoms with Crippen molar-refractivity contribution < 1.29 is 14.7 Å². The van der Waals surface area contributed by atoms with E-state index in [4.69, 9.17) is 5.11 Å². The van der Waals surface area contributed by atoms with Crippen LogP contribution in [0.5, 0.6) is 0 Å². The lowest BCUT2D eigenvalue weighted by atomic mass is 10.2. The van der Waals surface area contributed by atoms with Gasteiger partial charge in [-0.1, -0.05) is 15.9 Å². The molecule has 1 heterocycles. The molecule has 1 aromatic rings. The molecule has 0 radical (unpaired) electrons. The second kappa shape index (κ2) is 7.84. The number of aliphatic carboxylic acids is 1. The maximum absolute atomic E-state index is 12.1. The number of benzene rings is 1. The molecule has 1 aliphatic rings. The summed E-state index contributed by atoms with van der Waals surface area (Å²) >= 11 is 5.11. The smallest absolute Gasteiger partial charge is 0.326 e. The van der Waals surface area contributed by atoms with Crippen molar-refractivity contribution >= 4 is 39.6 Å². The Morgan fingerprint density at radius 3 is 2.71 bits per heavy atom. The molecule has 1 aliphatic heterocycles. The van der Waals surface area contributed by atoms with Crippen LogP contribution < -0.4 is 0 Å². The molecule has 0 spiro atoms. The van der Waals surface area contributed by atoms with Gasteiger partial charge in [-0.25, -0.2) is 4.79 Å². The number of amides is 1. The highest BCUT2D eigenvalue weighted by Crippen LogP contribution is 2.23. The minimum atomic E-state index is -0.884. The Balaban J connectivity index is 1.72. The normalized spacial score (nSPS) is 18.0. The maximum Gasteiger partial charge on any atom is 0.326 e. The summed E-state index contributed by atoms with van der Waals surface area (Å²) in [6.45, 7) is 0.579. The number of nitrogens with zero attached hydrogens (tertiary/aromatic N) is 1. The van der Waals surface area contributed by atoms with E-state index in [0.29, 0.717) is 19.4 Å². The Hall–Kier alpha value is -1.01. The molecule has 1 amide bonds. The molecular weight excluding hydrogens is 354 g/mol. The van der Waals surface area contributed by atoms with Crippen LogP contribution in [0.25, 0.3) is 0 Å². The molecular formula is C15H18BrNO3S. The van der Waals surface area contributed by atoms with E-state index in [0.717, 1.165) is 23.1 Å². The van der Waals surface area contributed by atoms with Gasteiger partial charge in [-0.2, -0.15) is 0 Å². The highest BCUT2D eigenvalue weighted by atomic mass is 79.9. The van der Waals surface area contributed by atoms with Crippen LogP contribution >= 0.6 is 27.7 Å². The highest BCUT2D eigenvalue weighted by molar-refractivity contribution is 9.10. The molecule has 0 saturated carbocycles. The highest BCUT2D eigenvalue weighted by Gasteiger charge is 2.33. The molecule has 0 bridgehead atoms. The molecule has 1 fully saturated rings. The molecule has 2 rings (SSSR count). The average molecular weight is 372 g/mol. The first-order chi connectivity index (χ1) is 10.1. The van der Waals surface area contributed by atoms with E-state index in [2.05, 4.69) is 15.9 Å². The third-order valence-electron chi connectivity index (χ3n) is 3.48. The summed E-state index contributed by atoms with van der Waals surface area (Å²) in [7, 11) is 0. The molecule has 114 valence electrons. The number of halogens is 1. The second-order valence-electron chi connectivity index (χ2n) is 4.99. The van der Waals surface area contributed by atoms with Gasteiger partial charge in [-0.15, -0.1) is 11.8 Å². The Morgan fingerprint density at radius 1 is 1.33 bits per heavy atom. The molecule has 4 nitrogen and oxygen atoms in total. The Labute approximate surface area is 137 Å². The van der Waals surface area contributed by atoms with Crippen LogP contribution in [-0.4, -0.2) is 40.2 Å². The van der Waals surface area contributed by atoms with E-state index >= 15 is 0 Å². The van der Waals surface area contributed by atoms with Gasteiger partial charge in [0.1, 0.15) is 6.04 Å². The van der Waals surface area contributed by atoms with Gasteiger partial charge in [0.15, 0.2) is 0 Å². The van der Waals surface area contributed by atoms with Gasteiger partial charge in [-0.3, -0.25) is 4.79 Å². The number of likely N-dealkylation sites (tertiary alicyclic amines) is 1. The van der Waals surface area contributed by atoms with Gasteiger partial charge >= 0.3 is 5.97 Å². The van der Waals surface area contributed by atoms with Crippen LogP contribution in [0.15, 0.2) is 33.6 Å². The standard InChI is InChI=1S/C15H18BrNO3S/c16-11-5-7-12(8-6-11)21-10-2-4-14(18)17-9-1-3-13(17)15(19)20/h5-8,13H,1-4,9-10H2,(H,19,20)/t13-/m1/s1. The van der Waals surface area contributed by atoms with E-state index in [1.807, 2.05) is 24.3 Å². The largest absolute Gasteiger partial charge is 0.480 e. The first-order valence-corrected chi connectivity index (χ1v) is 8.76. The molecule has 6 heteroatoms. The molecule has 21 heavy (non-hydrogen) atoms. The first kappa shape index (κ1) is 16.4. The molecule has 0 unspecified atom stereocenters. The van der Waals surface area contributed by atoms with Gasteiger partial charge in [0.05, 0.1) is 0 Å². The maximum atomic E-state index is 12.1. The van der Waals surface area contributed by atoms with Gasteiger partial charge in [-0.05, 0) is 49.3 Å². The van der Waals surface area contributed by atoms with Crippen LogP contribution in [0.3, 0.4) is 0 Å². The Kier molecular flexibility index (Phi) is 6.11. The third-order valence-corrected chi connectivity index (χ3v) is 5.10. The van der Waals surface area contributed by atoms with Crippen molar-refractivity contribution in [2.45, 2.75) is 36.6 Å². The number of thioether (sulfide) groups is 1. The third kappa shape index (κ3) is 4.74. The Bertz CT molecular complexity index is 506. The number of carboxylic acids is 1. The van der Waals surface area contributed by atoms with E-state index < -0.39 is 12.0 Å². The molecule has 1 atom stereocenters. The molecule has 1 N–H and O–H groups in total. The number of hydrogen-bond acceptors (Lipinski definition) is 3. The lowest BCUT2D eigenvalue weighted by Gasteiger charge is -2.21. The van der Waals surface area contributed by atoms with Crippen molar-refractivity contribution in [1.29, 1.82) is 0 Å². The summed E-state index contributed by atoms with van der Waals surface area (Å²) in [5, 5.41) is 9.07. The number of carbonyl (C=O) groups is 2. The monoisotopic (exact) mass is 371 g/mol. The summed E-state index contributed by atoms with van der Waals surface area (Å²) in [6, 6.07) is 7.45. The van der Waals surface area contributed by atoms with Gasteiger partial charge in [0.25, 0.3) is 0 Å². The number of rotatable bonds is 6. The van der Waals surface area contributed by atoms with Gasteiger partial charge in [0, 0.05) is 22.3 Å². The topological polar surface area (TPSA) is 57.6 Å². The van der Waals surface area contributed by atoms with E-state index in [1.54, 1.807) is 11.8 Å². The van der Waals surface area contributed by atoms with Gasteiger partial charge in [0.2, 0.25) is 5.91 Å². The van der Waals surface area contributed by atoms with Crippen LogP contribution in [0.2, 0.25) is 0 Å². The summed E-state index contributed by atoms with van der Waals surface area (Å²) in [5.41, 5.74) is 0. The number of carbonyl (C=O) groups excluding carboxylic acids is 1. The lowest BCUT2D eigenvalue weighted by Crippen LogP contribution is -2.40. The molecule has 1 aromatic carbocycles. The molecule has 0 aromatic heterocycles. The first-order valence-electron chi connectivity index (χ1n) is 6.98. The van der Waals surface area contributed by atoms with E-state index in [9.17, 15) is 9.59 Å². The van der Waals surface area contributed by atoms with Crippen LogP contribution in [-0.2, 0) is 9.59 Å².